The van der Waals surface area contributed by atoms with Crippen LogP contribution in [0.5, 0.6) is 0 Å². The Kier molecular flexibility index (Phi) is 3.18. The molecule has 0 aromatic heterocycles. The lowest BCUT2D eigenvalue weighted by Crippen LogP contribution is -2.61. The Morgan fingerprint density at radius 2 is 2.10 bits per heavy atom. The Balaban J connectivity index is 2.07. The maximum atomic E-state index is 12.1. The Labute approximate surface area is 118 Å². The molecule has 3 fully saturated rings. The minimum absolute atomic E-state index is 0.0937. The average Bonchev–Trinajstić information content (AvgIpc) is 2.57. The van der Waals surface area contributed by atoms with Crippen LogP contribution in [0.2, 0.25) is 0 Å². The summed E-state index contributed by atoms with van der Waals surface area (Å²) in [6.45, 7) is 6.05. The molecule has 112 valence electrons. The molecule has 0 N–H and O–H groups in total. The van der Waals surface area contributed by atoms with E-state index in [1.54, 1.807) is 6.92 Å². The van der Waals surface area contributed by atoms with Crippen LogP contribution in [0.3, 0.4) is 0 Å². The molecule has 1 saturated carbocycles. The topological polar surface area (TPSA) is 61.8 Å². The summed E-state index contributed by atoms with van der Waals surface area (Å²) < 4.78 is 17.3. The van der Waals surface area contributed by atoms with Crippen molar-refractivity contribution in [2.75, 3.05) is 0 Å². The summed E-state index contributed by atoms with van der Waals surface area (Å²) in [7, 11) is 0. The van der Waals surface area contributed by atoms with Gasteiger partial charge in [0.25, 0.3) is 6.47 Å². The Morgan fingerprint density at radius 1 is 1.35 bits per heavy atom. The van der Waals surface area contributed by atoms with E-state index in [0.29, 0.717) is 12.4 Å². The normalized spacial score (nSPS) is 50.4. The van der Waals surface area contributed by atoms with Crippen LogP contribution in [-0.4, -0.2) is 29.9 Å². The zero-order valence-corrected chi connectivity index (χ0v) is 12.3. The molecule has 3 aliphatic rings. The van der Waals surface area contributed by atoms with E-state index in [0.717, 1.165) is 25.7 Å². The van der Waals surface area contributed by atoms with Crippen molar-refractivity contribution < 1.29 is 23.8 Å². The number of carbonyl (C=O) groups excluding carboxylic acids is 2. The maximum Gasteiger partial charge on any atom is 0.295 e. The van der Waals surface area contributed by atoms with E-state index in [1.165, 1.54) is 0 Å². The van der Waals surface area contributed by atoms with Gasteiger partial charge in [0.05, 0.1) is 5.92 Å². The number of fused-ring (bicyclic) bond motifs is 1. The number of Topliss-reactive ketones (excluding diaryl/α,β-unsaturated/α-hetero) is 1. The van der Waals surface area contributed by atoms with Gasteiger partial charge in [-0.3, -0.25) is 9.59 Å². The summed E-state index contributed by atoms with van der Waals surface area (Å²) in [5.41, 5.74) is -0.794. The van der Waals surface area contributed by atoms with E-state index in [-0.39, 0.29) is 17.6 Å². The molecule has 5 heteroatoms. The molecule has 2 bridgehead atoms. The third kappa shape index (κ3) is 1.76. The highest BCUT2D eigenvalue weighted by molar-refractivity contribution is 5.80. The molecule has 20 heavy (non-hydrogen) atoms. The monoisotopic (exact) mass is 282 g/mol. The van der Waals surface area contributed by atoms with E-state index < -0.39 is 17.7 Å². The van der Waals surface area contributed by atoms with Crippen molar-refractivity contribution in [2.24, 2.45) is 17.8 Å². The Hall–Kier alpha value is -0.940. The zero-order valence-electron chi connectivity index (χ0n) is 12.3. The Bertz CT molecular complexity index is 436. The molecular formula is C15H22O5. The van der Waals surface area contributed by atoms with Gasteiger partial charge in [-0.15, -0.1) is 0 Å². The first-order valence-corrected chi connectivity index (χ1v) is 7.40. The van der Waals surface area contributed by atoms with Crippen LogP contribution in [-0.2, 0) is 23.8 Å². The van der Waals surface area contributed by atoms with Gasteiger partial charge in [0.2, 0.25) is 6.29 Å². The number of ketones is 1. The molecule has 0 aromatic carbocycles. The van der Waals surface area contributed by atoms with Crippen molar-refractivity contribution in [1.82, 2.24) is 0 Å². The van der Waals surface area contributed by atoms with Crippen molar-refractivity contribution >= 4 is 12.3 Å². The molecule has 5 nitrogen and oxygen atoms in total. The molecule has 0 aromatic rings. The average molecular weight is 282 g/mol. The van der Waals surface area contributed by atoms with Gasteiger partial charge in [-0.1, -0.05) is 6.92 Å². The second kappa shape index (κ2) is 4.53. The van der Waals surface area contributed by atoms with Gasteiger partial charge < -0.3 is 14.2 Å². The lowest BCUT2D eigenvalue weighted by molar-refractivity contribution is -0.243. The smallest absolute Gasteiger partial charge is 0.295 e. The molecule has 2 saturated heterocycles. The van der Waals surface area contributed by atoms with Gasteiger partial charge in [-0.05, 0) is 44.9 Å². The number of rotatable bonds is 3. The van der Waals surface area contributed by atoms with Crippen molar-refractivity contribution in [3.05, 3.63) is 0 Å². The summed E-state index contributed by atoms with van der Waals surface area (Å²) >= 11 is 0. The highest BCUT2D eigenvalue weighted by atomic mass is 16.8. The fourth-order valence-electron chi connectivity index (χ4n) is 4.55. The van der Waals surface area contributed by atoms with Crippen molar-refractivity contribution in [2.45, 2.75) is 64.1 Å². The first-order chi connectivity index (χ1) is 9.43. The van der Waals surface area contributed by atoms with Gasteiger partial charge in [-0.25, -0.2) is 0 Å². The molecule has 0 amide bonds. The van der Waals surface area contributed by atoms with Gasteiger partial charge in [0, 0.05) is 6.42 Å². The first kappa shape index (κ1) is 14.0. The van der Waals surface area contributed by atoms with E-state index in [9.17, 15) is 9.59 Å². The largest absolute Gasteiger partial charge is 0.435 e. The highest BCUT2D eigenvalue weighted by Crippen LogP contribution is 2.59. The molecule has 1 spiro atoms. The lowest BCUT2D eigenvalue weighted by Gasteiger charge is -2.52. The van der Waals surface area contributed by atoms with Crippen LogP contribution >= 0.6 is 0 Å². The van der Waals surface area contributed by atoms with Crippen LogP contribution < -0.4 is 0 Å². The molecule has 3 rings (SSSR count). The van der Waals surface area contributed by atoms with Crippen molar-refractivity contribution in [1.29, 1.82) is 0 Å². The van der Waals surface area contributed by atoms with E-state index in [1.807, 2.05) is 6.92 Å². The van der Waals surface area contributed by atoms with Crippen LogP contribution in [0.15, 0.2) is 0 Å². The van der Waals surface area contributed by atoms with E-state index in [2.05, 4.69) is 6.92 Å². The van der Waals surface area contributed by atoms with Gasteiger partial charge in [-0.2, -0.15) is 0 Å². The van der Waals surface area contributed by atoms with Crippen LogP contribution in [0.4, 0.5) is 0 Å². The molecule has 2 aliphatic heterocycles. The van der Waals surface area contributed by atoms with Crippen molar-refractivity contribution in [3.63, 3.8) is 0 Å². The summed E-state index contributed by atoms with van der Waals surface area (Å²) in [4.78, 5) is 23.0. The van der Waals surface area contributed by atoms with Gasteiger partial charge >= 0.3 is 0 Å². The third-order valence-corrected chi connectivity index (χ3v) is 5.42. The molecule has 1 aliphatic carbocycles. The SMILES string of the molecule is CC(=O)[C@@H]1CC[C@@H](C)[C@@H]2CC[C@]3(C)O[C@@H](OC=O)[C@]12O3. The second-order valence-electron chi connectivity index (χ2n) is 6.63. The number of carbonyl (C=O) groups is 2. The number of hydrogen-bond donors (Lipinski definition) is 0. The summed E-state index contributed by atoms with van der Waals surface area (Å²) in [6, 6.07) is 0. The predicted molar refractivity (Wildman–Crippen MR) is 69.5 cm³/mol. The second-order valence-corrected chi connectivity index (χ2v) is 6.63. The van der Waals surface area contributed by atoms with Crippen LogP contribution in [0.1, 0.15) is 46.5 Å². The summed E-state index contributed by atoms with van der Waals surface area (Å²) in [5, 5.41) is 0. The third-order valence-electron chi connectivity index (χ3n) is 5.42. The van der Waals surface area contributed by atoms with Crippen LogP contribution in [0.25, 0.3) is 0 Å². The molecule has 0 unspecified atom stereocenters. The van der Waals surface area contributed by atoms with Crippen LogP contribution in [0, 0.1) is 17.8 Å². The zero-order chi connectivity index (χ0) is 14.5. The first-order valence-electron chi connectivity index (χ1n) is 7.40. The quantitative estimate of drug-likeness (QED) is 0.741. The predicted octanol–water partition coefficient (Wildman–Crippen LogP) is 2.03. The standard InChI is InChI=1S/C15H22O5/c1-9-4-5-12(10(2)17)15-11(9)6-7-14(3,20-15)19-13(15)18-8-16/h8-9,11-13H,4-7H2,1-3H3/t9-,11+,12+,13-,14-,15-/m1/s1. The van der Waals surface area contributed by atoms with Gasteiger partial charge in [0.1, 0.15) is 11.4 Å². The maximum absolute atomic E-state index is 12.1. The number of hydrogen-bond acceptors (Lipinski definition) is 5. The molecule has 2 heterocycles. The molecule has 0 radical (unpaired) electrons. The van der Waals surface area contributed by atoms with Crippen molar-refractivity contribution in [3.8, 4) is 0 Å². The fraction of sp³-hybridized carbons (Fsp3) is 0.867. The number of ether oxygens (including phenoxy) is 3. The van der Waals surface area contributed by atoms with E-state index in [4.69, 9.17) is 14.2 Å². The summed E-state index contributed by atoms with van der Waals surface area (Å²) in [6.07, 6.45) is 2.72. The Morgan fingerprint density at radius 3 is 2.75 bits per heavy atom. The minimum atomic E-state index is -0.794. The lowest BCUT2D eigenvalue weighted by atomic mass is 9.60. The fourth-order valence-corrected chi connectivity index (χ4v) is 4.55. The summed E-state index contributed by atoms with van der Waals surface area (Å²) in [5.74, 6) is -0.262. The van der Waals surface area contributed by atoms with E-state index >= 15 is 0 Å². The van der Waals surface area contributed by atoms with Gasteiger partial charge in [0.15, 0.2) is 5.79 Å². The minimum Gasteiger partial charge on any atom is -0.435 e. The highest BCUT2D eigenvalue weighted by Gasteiger charge is 2.69. The molecular weight excluding hydrogens is 260 g/mol. The molecule has 6 atom stereocenters.